The number of rotatable bonds is 2. The third-order valence-electron chi connectivity index (χ3n) is 8.07. The normalized spacial score (nSPS) is 43.5. The van der Waals surface area contributed by atoms with Gasteiger partial charge >= 0.3 is 5.97 Å². The van der Waals surface area contributed by atoms with Gasteiger partial charge in [-0.05, 0) is 31.0 Å². The molecule has 1 aliphatic carbocycles. The lowest BCUT2D eigenvalue weighted by molar-refractivity contribution is -0.218. The molecule has 0 amide bonds. The van der Waals surface area contributed by atoms with Gasteiger partial charge in [-0.3, -0.25) is 4.90 Å². The second-order valence-corrected chi connectivity index (χ2v) is 8.81. The molecule has 0 aromatic heterocycles. The summed E-state index contributed by atoms with van der Waals surface area (Å²) < 4.78 is 5.08. The van der Waals surface area contributed by atoms with Crippen molar-refractivity contribution < 1.29 is 19.7 Å². The van der Waals surface area contributed by atoms with Crippen LogP contribution in [0.5, 0.6) is 0 Å². The van der Waals surface area contributed by atoms with Gasteiger partial charge in [-0.2, -0.15) is 0 Å². The summed E-state index contributed by atoms with van der Waals surface area (Å²) in [5.41, 5.74) is -1.00. The van der Waals surface area contributed by atoms with Gasteiger partial charge in [0, 0.05) is 36.2 Å². The van der Waals surface area contributed by atoms with Crippen LogP contribution in [0.1, 0.15) is 25.3 Å². The number of fused-ring (bicyclic) bond motifs is 1. The van der Waals surface area contributed by atoms with Crippen LogP contribution in [0.3, 0.4) is 0 Å². The molecular formula is C22H28N2O4. The maximum atomic E-state index is 13.0. The van der Waals surface area contributed by atoms with Crippen molar-refractivity contribution in [1.82, 2.24) is 4.90 Å². The van der Waals surface area contributed by atoms with Gasteiger partial charge in [0.2, 0.25) is 5.60 Å². The molecule has 1 saturated heterocycles. The summed E-state index contributed by atoms with van der Waals surface area (Å²) in [5, 5.41) is 23.6. The molecule has 150 valence electrons. The summed E-state index contributed by atoms with van der Waals surface area (Å²) >= 11 is 0. The first-order chi connectivity index (χ1) is 13.4. The Labute approximate surface area is 165 Å². The van der Waals surface area contributed by atoms with E-state index in [0.717, 1.165) is 30.8 Å². The smallest absolute Gasteiger partial charge is 0.342 e. The summed E-state index contributed by atoms with van der Waals surface area (Å²) in [6, 6.07) is 7.62. The monoisotopic (exact) mass is 384 g/mol. The van der Waals surface area contributed by atoms with Gasteiger partial charge in [0.05, 0.1) is 13.2 Å². The lowest BCUT2D eigenvalue weighted by Gasteiger charge is -2.63. The number of para-hydroxylation sites is 1. The number of benzene rings is 1. The van der Waals surface area contributed by atoms with Gasteiger partial charge in [0.1, 0.15) is 6.10 Å². The van der Waals surface area contributed by atoms with E-state index in [0.29, 0.717) is 6.42 Å². The summed E-state index contributed by atoms with van der Waals surface area (Å²) in [7, 11) is 3.20. The third-order valence-corrected chi connectivity index (χ3v) is 8.07. The topological polar surface area (TPSA) is 73.2 Å². The summed E-state index contributed by atoms with van der Waals surface area (Å²) in [6.07, 6.45) is 4.33. The Kier molecular flexibility index (Phi) is 3.62. The van der Waals surface area contributed by atoms with Crippen molar-refractivity contribution in [3.05, 3.63) is 42.0 Å². The predicted octanol–water partition coefficient (Wildman–Crippen LogP) is 1.06. The fraction of sp³-hybridized carbons (Fsp3) is 0.591. The van der Waals surface area contributed by atoms with E-state index in [2.05, 4.69) is 23.1 Å². The van der Waals surface area contributed by atoms with E-state index in [1.54, 1.807) is 0 Å². The molecule has 0 unspecified atom stereocenters. The highest BCUT2D eigenvalue weighted by atomic mass is 16.5. The average Bonchev–Trinajstić information content (AvgIpc) is 3.24. The van der Waals surface area contributed by atoms with Gasteiger partial charge in [0.25, 0.3) is 0 Å². The SMILES string of the molecule is CC[C@]12C=CCN3CC[C@]4(c5ccccc5N(C)[C@@H]4[C@@](O)(C(=O)OC)[C@@H]1O)[C@@H]32. The van der Waals surface area contributed by atoms with Crippen LogP contribution in [0.15, 0.2) is 36.4 Å². The molecule has 2 N–H and O–H groups in total. The van der Waals surface area contributed by atoms with Crippen molar-refractivity contribution in [2.45, 2.75) is 49.0 Å². The van der Waals surface area contributed by atoms with Gasteiger partial charge in [-0.1, -0.05) is 37.3 Å². The first-order valence-corrected chi connectivity index (χ1v) is 10.1. The van der Waals surface area contributed by atoms with Crippen LogP contribution in [0, 0.1) is 5.41 Å². The molecule has 3 aliphatic heterocycles. The number of likely N-dealkylation sites (N-methyl/N-ethyl adjacent to an activating group) is 1. The first-order valence-electron chi connectivity index (χ1n) is 10.1. The second-order valence-electron chi connectivity index (χ2n) is 8.81. The maximum absolute atomic E-state index is 13.0. The number of nitrogens with zero attached hydrogens (tertiary/aromatic N) is 2. The van der Waals surface area contributed by atoms with Crippen LogP contribution in [-0.2, 0) is 14.9 Å². The van der Waals surface area contributed by atoms with E-state index in [-0.39, 0.29) is 6.04 Å². The Balaban J connectivity index is 1.87. The number of aliphatic hydroxyl groups is 2. The summed E-state index contributed by atoms with van der Waals surface area (Å²) in [6.45, 7) is 3.74. The van der Waals surface area contributed by atoms with Gasteiger partial charge in [0.15, 0.2) is 0 Å². The Morgan fingerprint density at radius 2 is 2.07 bits per heavy atom. The van der Waals surface area contributed by atoms with Gasteiger partial charge in [-0.25, -0.2) is 4.79 Å². The number of anilines is 1. The second kappa shape index (κ2) is 5.59. The zero-order valence-corrected chi connectivity index (χ0v) is 16.6. The van der Waals surface area contributed by atoms with E-state index in [1.807, 2.05) is 37.1 Å². The van der Waals surface area contributed by atoms with Gasteiger partial charge in [-0.15, -0.1) is 0 Å². The molecule has 1 saturated carbocycles. The molecule has 1 aromatic rings. The van der Waals surface area contributed by atoms with Crippen molar-refractivity contribution in [3.63, 3.8) is 0 Å². The molecule has 1 spiro atoms. The molecular weight excluding hydrogens is 356 g/mol. The van der Waals surface area contributed by atoms with Crippen molar-refractivity contribution in [1.29, 1.82) is 0 Å². The Hall–Kier alpha value is -1.89. The average molecular weight is 384 g/mol. The van der Waals surface area contributed by atoms with E-state index in [4.69, 9.17) is 4.74 Å². The minimum Gasteiger partial charge on any atom is -0.467 e. The molecule has 0 bridgehead atoms. The van der Waals surface area contributed by atoms with E-state index >= 15 is 0 Å². The van der Waals surface area contributed by atoms with Crippen LogP contribution in [-0.4, -0.2) is 72.1 Å². The van der Waals surface area contributed by atoms with Gasteiger partial charge < -0.3 is 19.8 Å². The van der Waals surface area contributed by atoms with Crippen molar-refractivity contribution in [2.24, 2.45) is 5.41 Å². The first kappa shape index (κ1) is 18.2. The Morgan fingerprint density at radius 1 is 1.32 bits per heavy atom. The van der Waals surface area contributed by atoms with Crippen LogP contribution in [0.25, 0.3) is 0 Å². The molecule has 3 heterocycles. The molecule has 4 aliphatic rings. The highest BCUT2D eigenvalue weighted by molar-refractivity contribution is 5.86. The Bertz CT molecular complexity index is 872. The molecule has 1 aromatic carbocycles. The zero-order valence-electron chi connectivity index (χ0n) is 16.6. The van der Waals surface area contributed by atoms with E-state index < -0.39 is 34.5 Å². The van der Waals surface area contributed by atoms with Crippen LogP contribution in [0.2, 0.25) is 0 Å². The molecule has 6 atom stereocenters. The summed E-state index contributed by atoms with van der Waals surface area (Å²) in [5.74, 6) is -0.757. The molecule has 5 rings (SSSR count). The highest BCUT2D eigenvalue weighted by Crippen LogP contribution is 2.66. The number of hydrogen-bond donors (Lipinski definition) is 2. The van der Waals surface area contributed by atoms with Crippen LogP contribution in [0.4, 0.5) is 5.69 Å². The summed E-state index contributed by atoms with van der Waals surface area (Å²) in [4.78, 5) is 17.5. The minimum atomic E-state index is -2.02. The quantitative estimate of drug-likeness (QED) is 0.587. The maximum Gasteiger partial charge on any atom is 0.342 e. The van der Waals surface area contributed by atoms with E-state index in [9.17, 15) is 15.0 Å². The number of aliphatic hydroxyl groups excluding tert-OH is 1. The fourth-order valence-electron chi connectivity index (χ4n) is 7.19. The predicted molar refractivity (Wildman–Crippen MR) is 105 cm³/mol. The molecule has 28 heavy (non-hydrogen) atoms. The van der Waals surface area contributed by atoms with Crippen molar-refractivity contribution >= 4 is 11.7 Å². The van der Waals surface area contributed by atoms with Crippen molar-refractivity contribution in [3.8, 4) is 0 Å². The van der Waals surface area contributed by atoms with Crippen LogP contribution < -0.4 is 4.90 Å². The molecule has 2 fully saturated rings. The lowest BCUT2D eigenvalue weighted by atomic mass is 9.48. The highest BCUT2D eigenvalue weighted by Gasteiger charge is 2.78. The number of hydrogen-bond acceptors (Lipinski definition) is 6. The number of ether oxygens (including phenoxy) is 1. The standard InChI is InChI=1S/C22H28N2O4/c1-4-20-10-7-12-24-13-11-21(16(20)24)14-8-5-6-9-15(14)23(2)17(21)22(27,18(20)25)19(26)28-3/h5-10,16-18,25,27H,4,11-13H2,1-3H3/t16-,17-,18+,20+,21-,22-/m0/s1. The number of methoxy groups -OCH3 is 1. The zero-order chi connectivity index (χ0) is 19.9. The lowest BCUT2D eigenvalue weighted by Crippen LogP contribution is -2.80. The molecule has 6 nitrogen and oxygen atoms in total. The van der Waals surface area contributed by atoms with Crippen LogP contribution >= 0.6 is 0 Å². The number of esters is 1. The number of carbonyl (C=O) groups is 1. The van der Waals surface area contributed by atoms with Crippen molar-refractivity contribution in [2.75, 3.05) is 32.1 Å². The largest absolute Gasteiger partial charge is 0.467 e. The Morgan fingerprint density at radius 3 is 2.79 bits per heavy atom. The fourth-order valence-corrected chi connectivity index (χ4v) is 7.19. The minimum absolute atomic E-state index is 0.0195. The molecule has 0 radical (unpaired) electrons. The third kappa shape index (κ3) is 1.70. The number of carbonyl (C=O) groups excluding carboxylic acids is 1. The molecule has 6 heteroatoms. The van der Waals surface area contributed by atoms with E-state index in [1.165, 1.54) is 7.11 Å².